The molecular formula is C25H36N4O2. The Balaban J connectivity index is 1.14. The summed E-state index contributed by atoms with van der Waals surface area (Å²) in [5, 5.41) is 3.06. The second kappa shape index (κ2) is 8.81. The lowest BCUT2D eigenvalue weighted by Crippen LogP contribution is -2.62. The fraction of sp³-hybridized carbons (Fsp3) is 0.680. The number of nitrogens with zero attached hydrogens (tertiary/aromatic N) is 3. The molecule has 31 heavy (non-hydrogen) atoms. The summed E-state index contributed by atoms with van der Waals surface area (Å²) in [5.41, 5.74) is 2.16. The number of urea groups is 1. The lowest BCUT2D eigenvalue weighted by atomic mass is 9.75. The highest BCUT2D eigenvalue weighted by Gasteiger charge is 2.45. The Labute approximate surface area is 185 Å². The Bertz CT molecular complexity index is 802. The first-order chi connectivity index (χ1) is 15.1. The van der Waals surface area contributed by atoms with Gasteiger partial charge in [0.25, 0.3) is 0 Å². The summed E-state index contributed by atoms with van der Waals surface area (Å²) in [6.07, 6.45) is 7.41. The zero-order chi connectivity index (χ0) is 21.4. The molecule has 2 bridgehead atoms. The van der Waals surface area contributed by atoms with E-state index < -0.39 is 0 Å². The van der Waals surface area contributed by atoms with Crippen molar-refractivity contribution in [2.45, 2.75) is 64.0 Å². The molecule has 0 unspecified atom stereocenters. The highest BCUT2D eigenvalue weighted by molar-refractivity contribution is 5.89. The van der Waals surface area contributed by atoms with E-state index in [0.29, 0.717) is 29.8 Å². The predicted octanol–water partition coefficient (Wildman–Crippen LogP) is 3.58. The van der Waals surface area contributed by atoms with Crippen LogP contribution in [0.2, 0.25) is 0 Å². The molecule has 3 amide bonds. The van der Waals surface area contributed by atoms with Gasteiger partial charge in [-0.3, -0.25) is 9.69 Å². The molecule has 3 atom stereocenters. The number of amides is 3. The molecule has 4 fully saturated rings. The molecule has 4 heterocycles. The average molecular weight is 425 g/mol. The molecule has 4 aliphatic heterocycles. The number of hydrogen-bond acceptors (Lipinski definition) is 3. The minimum absolute atomic E-state index is 0.0228. The Morgan fingerprint density at radius 1 is 1.06 bits per heavy atom. The first-order valence-electron chi connectivity index (χ1n) is 12.3. The van der Waals surface area contributed by atoms with Gasteiger partial charge in [-0.25, -0.2) is 4.79 Å². The SMILES string of the molecule is CCc1ccc(NC(=O)N2CCC(N3C[C@H]4C[C@H](C3)[C@H]3CCCC(=O)N3C4)CC2)cc1. The van der Waals surface area contributed by atoms with E-state index in [1.807, 2.05) is 17.0 Å². The molecule has 6 nitrogen and oxygen atoms in total. The molecule has 5 rings (SSSR count). The van der Waals surface area contributed by atoms with Gasteiger partial charge in [0.15, 0.2) is 0 Å². The largest absolute Gasteiger partial charge is 0.339 e. The van der Waals surface area contributed by atoms with Crippen molar-refractivity contribution in [3.63, 3.8) is 0 Å². The van der Waals surface area contributed by atoms with E-state index in [1.54, 1.807) is 0 Å². The number of benzene rings is 1. The van der Waals surface area contributed by atoms with Crippen molar-refractivity contribution in [3.05, 3.63) is 29.8 Å². The third-order valence-electron chi connectivity index (χ3n) is 8.09. The second-order valence-corrected chi connectivity index (χ2v) is 10.0. The van der Waals surface area contributed by atoms with Gasteiger partial charge in [0, 0.05) is 56.9 Å². The Kier molecular flexibility index (Phi) is 5.91. The lowest BCUT2D eigenvalue weighted by molar-refractivity contribution is -0.145. The van der Waals surface area contributed by atoms with Crippen molar-refractivity contribution in [1.29, 1.82) is 0 Å². The molecule has 1 N–H and O–H groups in total. The molecule has 0 saturated carbocycles. The van der Waals surface area contributed by atoms with E-state index in [1.165, 1.54) is 18.4 Å². The quantitative estimate of drug-likeness (QED) is 0.807. The zero-order valence-electron chi connectivity index (χ0n) is 18.8. The molecule has 0 aromatic heterocycles. The molecule has 4 aliphatic rings. The fourth-order valence-corrected chi connectivity index (χ4v) is 6.41. The Morgan fingerprint density at radius 2 is 1.84 bits per heavy atom. The van der Waals surface area contributed by atoms with Gasteiger partial charge < -0.3 is 15.1 Å². The second-order valence-electron chi connectivity index (χ2n) is 10.0. The first-order valence-corrected chi connectivity index (χ1v) is 12.3. The van der Waals surface area contributed by atoms with E-state index in [2.05, 4.69) is 34.2 Å². The van der Waals surface area contributed by atoms with Crippen LogP contribution >= 0.6 is 0 Å². The normalized spacial score (nSPS) is 29.6. The van der Waals surface area contributed by atoms with Crippen LogP contribution in [0, 0.1) is 11.8 Å². The van der Waals surface area contributed by atoms with Crippen LogP contribution in [-0.4, -0.2) is 71.4 Å². The van der Waals surface area contributed by atoms with Crippen LogP contribution in [-0.2, 0) is 11.2 Å². The molecule has 1 aromatic carbocycles. The van der Waals surface area contributed by atoms with Crippen molar-refractivity contribution in [2.24, 2.45) is 11.8 Å². The van der Waals surface area contributed by atoms with Crippen LogP contribution in [0.15, 0.2) is 24.3 Å². The number of anilines is 1. The summed E-state index contributed by atoms with van der Waals surface area (Å²) in [6.45, 7) is 7.00. The van der Waals surface area contributed by atoms with Gasteiger partial charge in [-0.1, -0.05) is 19.1 Å². The monoisotopic (exact) mass is 424 g/mol. The van der Waals surface area contributed by atoms with Crippen LogP contribution in [0.5, 0.6) is 0 Å². The van der Waals surface area contributed by atoms with Crippen LogP contribution < -0.4 is 5.32 Å². The minimum atomic E-state index is 0.0228. The Hall–Kier alpha value is -2.08. The number of piperidine rings is 4. The molecule has 4 saturated heterocycles. The van der Waals surface area contributed by atoms with E-state index in [0.717, 1.165) is 70.5 Å². The summed E-state index contributed by atoms with van der Waals surface area (Å²) in [7, 11) is 0. The van der Waals surface area contributed by atoms with Gasteiger partial charge in [-0.2, -0.15) is 0 Å². The van der Waals surface area contributed by atoms with Crippen molar-refractivity contribution < 1.29 is 9.59 Å². The number of likely N-dealkylation sites (tertiary alicyclic amines) is 2. The predicted molar refractivity (Wildman–Crippen MR) is 122 cm³/mol. The molecule has 0 spiro atoms. The third-order valence-corrected chi connectivity index (χ3v) is 8.09. The van der Waals surface area contributed by atoms with Gasteiger partial charge in [-0.05, 0) is 68.1 Å². The number of carbonyl (C=O) groups is 2. The van der Waals surface area contributed by atoms with Crippen molar-refractivity contribution >= 4 is 17.6 Å². The molecule has 168 valence electrons. The van der Waals surface area contributed by atoms with Gasteiger partial charge in [0.1, 0.15) is 0 Å². The summed E-state index contributed by atoms with van der Waals surface area (Å²) in [6, 6.07) is 9.22. The molecule has 0 aliphatic carbocycles. The van der Waals surface area contributed by atoms with E-state index in [9.17, 15) is 9.59 Å². The average Bonchev–Trinajstić information content (AvgIpc) is 2.80. The maximum Gasteiger partial charge on any atom is 0.321 e. The standard InChI is InChI=1S/C25H36N4O2/c1-2-18-6-8-21(9-7-18)26-25(31)27-12-10-22(11-13-27)28-15-19-14-20(17-28)23-4-3-5-24(30)29(23)16-19/h6-9,19-20,22-23H,2-5,10-17H2,1H3,(H,26,31)/t19-,20-,23-/m1/s1. The van der Waals surface area contributed by atoms with E-state index in [-0.39, 0.29) is 6.03 Å². The number of hydrogen-bond donors (Lipinski definition) is 1. The zero-order valence-corrected chi connectivity index (χ0v) is 18.8. The van der Waals surface area contributed by atoms with E-state index in [4.69, 9.17) is 0 Å². The Morgan fingerprint density at radius 3 is 2.58 bits per heavy atom. The summed E-state index contributed by atoms with van der Waals surface area (Å²) in [4.78, 5) is 32.0. The van der Waals surface area contributed by atoms with Crippen LogP contribution in [0.1, 0.15) is 51.0 Å². The van der Waals surface area contributed by atoms with Crippen LogP contribution in [0.25, 0.3) is 0 Å². The fourth-order valence-electron chi connectivity index (χ4n) is 6.41. The van der Waals surface area contributed by atoms with Gasteiger partial charge in [-0.15, -0.1) is 0 Å². The number of carbonyl (C=O) groups excluding carboxylic acids is 2. The van der Waals surface area contributed by atoms with Crippen LogP contribution in [0.3, 0.4) is 0 Å². The summed E-state index contributed by atoms with van der Waals surface area (Å²) >= 11 is 0. The summed E-state index contributed by atoms with van der Waals surface area (Å²) in [5.74, 6) is 1.66. The molecule has 6 heteroatoms. The highest BCUT2D eigenvalue weighted by atomic mass is 16.2. The van der Waals surface area contributed by atoms with E-state index >= 15 is 0 Å². The first kappa shape index (κ1) is 20.8. The number of nitrogens with one attached hydrogen (secondary N) is 1. The maximum atomic E-state index is 12.7. The number of rotatable bonds is 3. The highest BCUT2D eigenvalue weighted by Crippen LogP contribution is 2.39. The third kappa shape index (κ3) is 4.32. The summed E-state index contributed by atoms with van der Waals surface area (Å²) < 4.78 is 0. The van der Waals surface area contributed by atoms with Crippen molar-refractivity contribution in [2.75, 3.05) is 38.0 Å². The maximum absolute atomic E-state index is 12.7. The number of fused-ring (bicyclic) bond motifs is 4. The van der Waals surface area contributed by atoms with Gasteiger partial charge in [0.2, 0.25) is 5.91 Å². The van der Waals surface area contributed by atoms with Gasteiger partial charge in [0.05, 0.1) is 0 Å². The number of aryl methyl sites for hydroxylation is 1. The lowest BCUT2D eigenvalue weighted by Gasteiger charge is -2.54. The van der Waals surface area contributed by atoms with Crippen molar-refractivity contribution in [1.82, 2.24) is 14.7 Å². The van der Waals surface area contributed by atoms with Crippen molar-refractivity contribution in [3.8, 4) is 0 Å². The molecule has 0 radical (unpaired) electrons. The van der Waals surface area contributed by atoms with Gasteiger partial charge >= 0.3 is 6.03 Å². The minimum Gasteiger partial charge on any atom is -0.339 e. The van der Waals surface area contributed by atoms with Crippen LogP contribution in [0.4, 0.5) is 10.5 Å². The smallest absolute Gasteiger partial charge is 0.321 e. The molecule has 1 aromatic rings. The topological polar surface area (TPSA) is 55.9 Å². The molecular weight excluding hydrogens is 388 g/mol.